The molecule has 0 radical (unpaired) electrons. The third-order valence-electron chi connectivity index (χ3n) is 9.31. The Kier molecular flexibility index (Phi) is 10.1. The molecule has 3 fully saturated rings. The number of fused-ring (bicyclic) bond motifs is 1. The van der Waals surface area contributed by atoms with Crippen LogP contribution in [0.25, 0.3) is 10.9 Å². The second-order valence-electron chi connectivity index (χ2n) is 12.4. The summed E-state index contributed by atoms with van der Waals surface area (Å²) in [5.74, 6) is -0.222. The molecule has 6 rings (SSSR count). The van der Waals surface area contributed by atoms with Crippen molar-refractivity contribution >= 4 is 38.7 Å². The number of benzene rings is 1. The molecule has 2 amide bonds. The zero-order valence-electron chi connectivity index (χ0n) is 26.2. The van der Waals surface area contributed by atoms with E-state index in [4.69, 9.17) is 0 Å². The topological polar surface area (TPSA) is 175 Å². The van der Waals surface area contributed by atoms with E-state index in [0.29, 0.717) is 56.2 Å². The summed E-state index contributed by atoms with van der Waals surface area (Å²) in [4.78, 5) is 34.3. The fourth-order valence-electron chi connectivity index (χ4n) is 6.75. The molecule has 1 atom stereocenters. The first kappa shape index (κ1) is 33.6. The fraction of sp³-hybridized carbons (Fsp3) is 0.548. The lowest BCUT2D eigenvalue weighted by molar-refractivity contribution is -0.135. The number of nitrogens with one attached hydrogen (secondary N) is 2. The van der Waals surface area contributed by atoms with E-state index in [-0.39, 0.29) is 47.4 Å². The number of sulfonamides is 1. The number of piperidine rings is 3. The maximum atomic E-state index is 13.1. The van der Waals surface area contributed by atoms with E-state index in [1.807, 2.05) is 18.2 Å². The van der Waals surface area contributed by atoms with Crippen molar-refractivity contribution < 1.29 is 31.5 Å². The minimum atomic E-state index is -3.41. The molecule has 1 unspecified atom stereocenters. The maximum absolute atomic E-state index is 13.1. The minimum absolute atomic E-state index is 0.0339. The van der Waals surface area contributed by atoms with E-state index >= 15 is 0 Å². The summed E-state index contributed by atoms with van der Waals surface area (Å²) in [6.07, 6.45) is 6.36. The molecule has 0 spiro atoms. The second kappa shape index (κ2) is 14.5. The number of hydrogen-bond donors (Lipinski definition) is 2. The normalized spacial score (nSPS) is 20.6. The fourth-order valence-corrected chi connectivity index (χ4v) is 8.27. The van der Waals surface area contributed by atoms with Crippen LogP contribution in [0.1, 0.15) is 68.2 Å². The molecule has 0 aliphatic carbocycles. The number of rotatable bonds is 11. The number of halogens is 2. The molecule has 1 aromatic carbocycles. The number of amides is 2. The van der Waals surface area contributed by atoms with Gasteiger partial charge in [0.1, 0.15) is 12.1 Å². The monoisotopic (exact) mass is 685 g/mol. The SMILES string of the molecule is N#Cc1nn(C2CCC(=O)NC2=O)c2ccc(C3CCN(CCCS(=O)(=O)N4CCC(Nc5ncc(OC(F)F)cn5)CC4)CC3)cc12. The molecular formula is C31H37F2N9O5S. The summed E-state index contributed by atoms with van der Waals surface area (Å²) in [5, 5.41) is 20.3. The lowest BCUT2D eigenvalue weighted by atomic mass is 9.88. The van der Waals surface area contributed by atoms with Crippen molar-refractivity contribution in [3.63, 3.8) is 0 Å². The number of ether oxygens (including phenoxy) is 1. The highest BCUT2D eigenvalue weighted by Gasteiger charge is 2.32. The number of carbonyl (C=O) groups is 2. The first-order valence-electron chi connectivity index (χ1n) is 16.1. The van der Waals surface area contributed by atoms with Crippen molar-refractivity contribution in [1.29, 1.82) is 5.26 Å². The molecule has 0 bridgehead atoms. The highest BCUT2D eigenvalue weighted by Crippen LogP contribution is 2.33. The summed E-state index contributed by atoms with van der Waals surface area (Å²) in [7, 11) is -3.41. The quantitative estimate of drug-likeness (QED) is 0.284. The second-order valence-corrected chi connectivity index (χ2v) is 14.5. The summed E-state index contributed by atoms with van der Waals surface area (Å²) in [6, 6.07) is 7.38. The van der Waals surface area contributed by atoms with E-state index in [0.717, 1.165) is 43.9 Å². The number of nitrogens with zero attached hydrogens (tertiary/aromatic N) is 7. The van der Waals surface area contributed by atoms with Gasteiger partial charge >= 0.3 is 6.61 Å². The molecular weight excluding hydrogens is 648 g/mol. The summed E-state index contributed by atoms with van der Waals surface area (Å²) in [6.45, 7) is 0.149. The van der Waals surface area contributed by atoms with Crippen molar-refractivity contribution in [2.45, 2.75) is 69.6 Å². The van der Waals surface area contributed by atoms with Crippen molar-refractivity contribution in [3.05, 3.63) is 41.9 Å². The number of aromatic nitrogens is 4. The van der Waals surface area contributed by atoms with Gasteiger partial charge in [-0.3, -0.25) is 19.6 Å². The van der Waals surface area contributed by atoms with Gasteiger partial charge in [0, 0.05) is 30.9 Å². The van der Waals surface area contributed by atoms with Crippen LogP contribution in [0, 0.1) is 11.3 Å². The molecule has 3 aliphatic rings. The molecule has 3 aromatic rings. The Morgan fingerprint density at radius 2 is 1.79 bits per heavy atom. The van der Waals surface area contributed by atoms with Crippen LogP contribution in [0.4, 0.5) is 14.7 Å². The standard InChI is InChI=1S/C31H37F2N9O5S/c32-30(33)47-23-18-35-31(36-19-23)37-22-8-13-41(14-9-22)48(45,46)15-1-10-40-11-6-20(7-12-40)21-2-3-26-24(16-21)25(17-34)39-42(26)27-4-5-28(43)38-29(27)44/h2-3,16,18-20,22,27,30H,1,4-15H2,(H,35,36,37)(H,38,43,44). The molecule has 3 aliphatic heterocycles. The van der Waals surface area contributed by atoms with E-state index in [2.05, 4.69) is 41.4 Å². The average Bonchev–Trinajstić information content (AvgIpc) is 3.44. The van der Waals surface area contributed by atoms with Crippen LogP contribution in [0.5, 0.6) is 5.75 Å². The van der Waals surface area contributed by atoms with Gasteiger partial charge in [0.05, 0.1) is 23.7 Å². The van der Waals surface area contributed by atoms with Gasteiger partial charge in [-0.15, -0.1) is 0 Å². The molecule has 2 aromatic heterocycles. The van der Waals surface area contributed by atoms with Crippen LogP contribution in [0.2, 0.25) is 0 Å². The number of nitriles is 1. The van der Waals surface area contributed by atoms with Crippen molar-refractivity contribution in [1.82, 2.24) is 34.3 Å². The smallest absolute Gasteiger partial charge is 0.387 e. The van der Waals surface area contributed by atoms with Crippen molar-refractivity contribution in [2.75, 3.05) is 43.8 Å². The van der Waals surface area contributed by atoms with Gasteiger partial charge in [0.2, 0.25) is 21.9 Å². The Balaban J connectivity index is 0.951. The predicted octanol–water partition coefficient (Wildman–Crippen LogP) is 2.75. The predicted molar refractivity (Wildman–Crippen MR) is 170 cm³/mol. The van der Waals surface area contributed by atoms with Gasteiger partial charge < -0.3 is 15.0 Å². The Labute approximate surface area is 276 Å². The molecule has 2 N–H and O–H groups in total. The Morgan fingerprint density at radius 1 is 1.06 bits per heavy atom. The van der Waals surface area contributed by atoms with Crippen molar-refractivity contribution in [3.8, 4) is 11.8 Å². The van der Waals surface area contributed by atoms with E-state index < -0.39 is 28.6 Å². The Hall–Kier alpha value is -4.27. The molecule has 0 saturated carbocycles. The number of alkyl halides is 2. The van der Waals surface area contributed by atoms with E-state index in [1.54, 1.807) is 4.68 Å². The van der Waals surface area contributed by atoms with Gasteiger partial charge in [-0.05, 0) is 81.8 Å². The van der Waals surface area contributed by atoms with Gasteiger partial charge in [0.15, 0.2) is 11.4 Å². The van der Waals surface area contributed by atoms with Crippen LogP contribution >= 0.6 is 0 Å². The average molecular weight is 686 g/mol. The van der Waals surface area contributed by atoms with Crippen LogP contribution < -0.4 is 15.4 Å². The number of carbonyl (C=O) groups excluding carboxylic acids is 2. The van der Waals surface area contributed by atoms with Crippen molar-refractivity contribution in [2.24, 2.45) is 0 Å². The first-order chi connectivity index (χ1) is 23.1. The highest BCUT2D eigenvalue weighted by molar-refractivity contribution is 7.89. The summed E-state index contributed by atoms with van der Waals surface area (Å²) >= 11 is 0. The number of imide groups is 1. The summed E-state index contributed by atoms with van der Waals surface area (Å²) in [5.41, 5.74) is 2.04. The minimum Gasteiger partial charge on any atom is -0.432 e. The molecule has 17 heteroatoms. The lowest BCUT2D eigenvalue weighted by Crippen LogP contribution is -2.44. The van der Waals surface area contributed by atoms with Gasteiger partial charge in [-0.25, -0.2) is 22.7 Å². The van der Waals surface area contributed by atoms with Gasteiger partial charge in [0.25, 0.3) is 5.91 Å². The molecule has 256 valence electrons. The van der Waals surface area contributed by atoms with Gasteiger partial charge in [-0.1, -0.05) is 6.07 Å². The molecule has 3 saturated heterocycles. The van der Waals surface area contributed by atoms with Crippen LogP contribution in [-0.4, -0.2) is 100 Å². The maximum Gasteiger partial charge on any atom is 0.387 e. The van der Waals surface area contributed by atoms with Crippen LogP contribution in [-0.2, 0) is 19.6 Å². The Morgan fingerprint density at radius 3 is 2.46 bits per heavy atom. The molecule has 14 nitrogen and oxygen atoms in total. The van der Waals surface area contributed by atoms with E-state index in [9.17, 15) is 32.0 Å². The number of likely N-dealkylation sites (tertiary alicyclic amines) is 1. The van der Waals surface area contributed by atoms with E-state index in [1.165, 1.54) is 4.31 Å². The largest absolute Gasteiger partial charge is 0.432 e. The summed E-state index contributed by atoms with van der Waals surface area (Å²) < 4.78 is 58.1. The zero-order valence-corrected chi connectivity index (χ0v) is 27.0. The first-order valence-corrected chi connectivity index (χ1v) is 17.7. The third kappa shape index (κ3) is 7.71. The zero-order chi connectivity index (χ0) is 33.8. The van der Waals surface area contributed by atoms with Gasteiger partial charge in [-0.2, -0.15) is 19.1 Å². The number of anilines is 1. The molecule has 5 heterocycles. The third-order valence-corrected chi connectivity index (χ3v) is 11.3. The molecule has 48 heavy (non-hydrogen) atoms. The van der Waals surface area contributed by atoms with Crippen LogP contribution in [0.3, 0.4) is 0 Å². The lowest BCUT2D eigenvalue weighted by Gasteiger charge is -2.33. The Bertz CT molecular complexity index is 1780. The highest BCUT2D eigenvalue weighted by atomic mass is 32.2. The van der Waals surface area contributed by atoms with Crippen LogP contribution in [0.15, 0.2) is 30.6 Å². The number of hydrogen-bond acceptors (Lipinski definition) is 11.